The highest BCUT2D eigenvalue weighted by molar-refractivity contribution is 5.79. The average molecular weight is 403 g/mol. The number of amides is 1. The van der Waals surface area contributed by atoms with Crippen LogP contribution >= 0.6 is 0 Å². The summed E-state index contributed by atoms with van der Waals surface area (Å²) in [5, 5.41) is 9.58. The van der Waals surface area contributed by atoms with Gasteiger partial charge < -0.3 is 10.2 Å². The Hall–Kier alpha value is -3.29. The second-order valence-electron chi connectivity index (χ2n) is 7.95. The first kappa shape index (κ1) is 18.7. The topological polar surface area (TPSA) is 99.7 Å². The zero-order valence-electron chi connectivity index (χ0n) is 16.8. The Balaban J connectivity index is 1.37. The molecule has 1 aromatic carbocycles. The Morgan fingerprint density at radius 2 is 2.07 bits per heavy atom. The third-order valence-corrected chi connectivity index (χ3v) is 5.93. The van der Waals surface area contributed by atoms with E-state index in [9.17, 15) is 4.79 Å². The molecule has 1 aliphatic heterocycles. The molecule has 154 valence electrons. The molecule has 0 saturated carbocycles. The maximum atomic E-state index is 12.8. The normalized spacial score (nSPS) is 18.3. The fourth-order valence-electron chi connectivity index (χ4n) is 4.41. The van der Waals surface area contributed by atoms with Gasteiger partial charge in [0.2, 0.25) is 5.91 Å². The van der Waals surface area contributed by atoms with Crippen molar-refractivity contribution in [3.8, 4) is 11.4 Å². The van der Waals surface area contributed by atoms with Crippen LogP contribution in [0.4, 0.5) is 5.82 Å². The maximum absolute atomic E-state index is 12.8. The summed E-state index contributed by atoms with van der Waals surface area (Å²) in [5.74, 6) is 2.46. The highest BCUT2D eigenvalue weighted by atomic mass is 16.1. The van der Waals surface area contributed by atoms with E-state index in [0.29, 0.717) is 18.9 Å². The number of aromatic nitrogens is 5. The number of piperidine rings is 1. The number of aromatic amines is 1. The van der Waals surface area contributed by atoms with Crippen molar-refractivity contribution in [2.75, 3.05) is 18.0 Å². The number of H-pyrrole nitrogens is 1. The number of hydrogen-bond donors (Lipinski definition) is 2. The third-order valence-electron chi connectivity index (χ3n) is 5.93. The van der Waals surface area contributed by atoms with Gasteiger partial charge in [0, 0.05) is 29.9 Å². The molecule has 1 atom stereocenters. The summed E-state index contributed by atoms with van der Waals surface area (Å²) in [4.78, 5) is 29.0. The molecule has 0 unspecified atom stereocenters. The Labute approximate surface area is 175 Å². The monoisotopic (exact) mass is 403 g/mol. The van der Waals surface area contributed by atoms with Crippen molar-refractivity contribution >= 4 is 11.7 Å². The first-order valence-corrected chi connectivity index (χ1v) is 10.6. The van der Waals surface area contributed by atoms with Crippen LogP contribution in [0.25, 0.3) is 11.4 Å². The Bertz CT molecular complexity index is 1020. The lowest BCUT2D eigenvalue weighted by atomic mass is 9.96. The molecule has 30 heavy (non-hydrogen) atoms. The SMILES string of the molecule is O=C(NCc1ncn[nH]1)[C@H]1CCCN(c2nc(-c3ccccc3)nc3c2CCC3)C1. The molecular weight excluding hydrogens is 378 g/mol. The summed E-state index contributed by atoms with van der Waals surface area (Å²) in [6, 6.07) is 10.1. The van der Waals surface area contributed by atoms with Crippen molar-refractivity contribution in [1.29, 1.82) is 0 Å². The molecule has 8 nitrogen and oxygen atoms in total. The Kier molecular flexibility index (Phi) is 5.13. The second kappa shape index (κ2) is 8.22. The van der Waals surface area contributed by atoms with Gasteiger partial charge in [-0.1, -0.05) is 30.3 Å². The molecule has 0 radical (unpaired) electrons. The van der Waals surface area contributed by atoms with Crippen LogP contribution in [0.5, 0.6) is 0 Å². The number of hydrogen-bond acceptors (Lipinski definition) is 6. The molecule has 3 aromatic rings. The second-order valence-corrected chi connectivity index (χ2v) is 7.95. The number of aryl methyl sites for hydroxylation is 1. The van der Waals surface area contributed by atoms with Crippen LogP contribution in [0, 0.1) is 5.92 Å². The van der Waals surface area contributed by atoms with E-state index in [1.165, 1.54) is 11.9 Å². The van der Waals surface area contributed by atoms with E-state index in [0.717, 1.165) is 61.5 Å². The molecule has 1 amide bonds. The lowest BCUT2D eigenvalue weighted by Gasteiger charge is -2.34. The maximum Gasteiger partial charge on any atom is 0.225 e. The van der Waals surface area contributed by atoms with Crippen LogP contribution in [-0.4, -0.2) is 44.1 Å². The third kappa shape index (κ3) is 3.77. The molecule has 1 aliphatic carbocycles. The predicted molar refractivity (Wildman–Crippen MR) is 113 cm³/mol. The highest BCUT2D eigenvalue weighted by Gasteiger charge is 2.30. The van der Waals surface area contributed by atoms with Gasteiger partial charge in [-0.05, 0) is 32.1 Å². The molecule has 5 rings (SSSR count). The lowest BCUT2D eigenvalue weighted by molar-refractivity contribution is -0.125. The largest absolute Gasteiger partial charge is 0.355 e. The van der Waals surface area contributed by atoms with Crippen LogP contribution in [-0.2, 0) is 24.2 Å². The fraction of sp³-hybridized carbons (Fsp3) is 0.409. The van der Waals surface area contributed by atoms with Crippen LogP contribution in [0.3, 0.4) is 0 Å². The summed E-state index contributed by atoms with van der Waals surface area (Å²) >= 11 is 0. The van der Waals surface area contributed by atoms with Crippen molar-refractivity contribution in [2.24, 2.45) is 5.92 Å². The van der Waals surface area contributed by atoms with Gasteiger partial charge in [0.1, 0.15) is 18.0 Å². The molecule has 2 aromatic heterocycles. The van der Waals surface area contributed by atoms with Gasteiger partial charge in [0.25, 0.3) is 0 Å². The fourth-order valence-corrected chi connectivity index (χ4v) is 4.41. The summed E-state index contributed by atoms with van der Waals surface area (Å²) in [5.41, 5.74) is 3.46. The van der Waals surface area contributed by atoms with Gasteiger partial charge in [-0.2, -0.15) is 5.10 Å². The van der Waals surface area contributed by atoms with Crippen LogP contribution in [0.2, 0.25) is 0 Å². The molecule has 1 saturated heterocycles. The molecule has 0 bridgehead atoms. The van der Waals surface area contributed by atoms with Gasteiger partial charge in [-0.15, -0.1) is 0 Å². The van der Waals surface area contributed by atoms with E-state index < -0.39 is 0 Å². The summed E-state index contributed by atoms with van der Waals surface area (Å²) in [6.45, 7) is 1.97. The number of nitrogens with one attached hydrogen (secondary N) is 2. The molecule has 2 aliphatic rings. The highest BCUT2D eigenvalue weighted by Crippen LogP contribution is 2.33. The van der Waals surface area contributed by atoms with Crippen molar-refractivity contribution in [1.82, 2.24) is 30.5 Å². The number of carbonyl (C=O) groups excluding carboxylic acids is 1. The van der Waals surface area contributed by atoms with Crippen molar-refractivity contribution < 1.29 is 4.79 Å². The van der Waals surface area contributed by atoms with Crippen LogP contribution in [0.1, 0.15) is 36.3 Å². The van der Waals surface area contributed by atoms with Crippen molar-refractivity contribution in [2.45, 2.75) is 38.6 Å². The van der Waals surface area contributed by atoms with Gasteiger partial charge in [0.15, 0.2) is 5.82 Å². The minimum Gasteiger partial charge on any atom is -0.355 e. The van der Waals surface area contributed by atoms with Gasteiger partial charge >= 0.3 is 0 Å². The van der Waals surface area contributed by atoms with Gasteiger partial charge in [-0.3, -0.25) is 9.89 Å². The van der Waals surface area contributed by atoms with Crippen LogP contribution in [0.15, 0.2) is 36.7 Å². The molecule has 1 fully saturated rings. The summed E-state index contributed by atoms with van der Waals surface area (Å²) in [7, 11) is 0. The molecule has 0 spiro atoms. The van der Waals surface area contributed by atoms with Crippen molar-refractivity contribution in [3.63, 3.8) is 0 Å². The Morgan fingerprint density at radius 3 is 2.90 bits per heavy atom. The van der Waals surface area contributed by atoms with Crippen molar-refractivity contribution in [3.05, 3.63) is 53.7 Å². The minimum atomic E-state index is -0.0612. The minimum absolute atomic E-state index is 0.0603. The standard InChI is InChI=1S/C22H25N7O/c30-22(23-12-19-24-14-25-28-19)16-8-5-11-29(13-16)21-17-9-4-10-18(17)26-20(27-21)15-6-2-1-3-7-15/h1-3,6-7,14,16H,4-5,8-13H2,(H,23,30)(H,24,25,28)/t16-/m0/s1. The first-order chi connectivity index (χ1) is 14.8. The predicted octanol–water partition coefficient (Wildman–Crippen LogP) is 2.28. The average Bonchev–Trinajstić information content (AvgIpc) is 3.49. The van der Waals surface area contributed by atoms with E-state index in [-0.39, 0.29) is 11.8 Å². The number of carbonyl (C=O) groups is 1. The van der Waals surface area contributed by atoms with Gasteiger partial charge in [-0.25, -0.2) is 15.0 Å². The first-order valence-electron chi connectivity index (χ1n) is 10.6. The molecular formula is C22H25N7O. The number of rotatable bonds is 5. The summed E-state index contributed by atoms with van der Waals surface area (Å²) in [6.07, 6.45) is 6.43. The smallest absolute Gasteiger partial charge is 0.225 e. The van der Waals surface area contributed by atoms with Gasteiger partial charge in [0.05, 0.1) is 12.5 Å². The molecule has 3 heterocycles. The number of benzene rings is 1. The van der Waals surface area contributed by atoms with E-state index in [2.05, 4.69) is 37.5 Å². The lowest BCUT2D eigenvalue weighted by Crippen LogP contribution is -2.43. The molecule has 2 N–H and O–H groups in total. The Morgan fingerprint density at radius 1 is 1.17 bits per heavy atom. The van der Waals surface area contributed by atoms with E-state index in [1.807, 2.05) is 18.2 Å². The molecule has 8 heteroatoms. The number of fused-ring (bicyclic) bond motifs is 1. The van der Waals surface area contributed by atoms with E-state index in [4.69, 9.17) is 9.97 Å². The van der Waals surface area contributed by atoms with E-state index in [1.54, 1.807) is 0 Å². The summed E-state index contributed by atoms with van der Waals surface area (Å²) < 4.78 is 0. The van der Waals surface area contributed by atoms with Crippen LogP contribution < -0.4 is 10.2 Å². The zero-order chi connectivity index (χ0) is 20.3. The quantitative estimate of drug-likeness (QED) is 0.678. The number of anilines is 1. The van der Waals surface area contributed by atoms with E-state index >= 15 is 0 Å². The zero-order valence-corrected chi connectivity index (χ0v) is 16.8. The number of nitrogens with zero attached hydrogens (tertiary/aromatic N) is 5.